The summed E-state index contributed by atoms with van der Waals surface area (Å²) in [5, 5.41) is 0. The van der Waals surface area contributed by atoms with Gasteiger partial charge in [-0.25, -0.2) is 13.8 Å². The lowest BCUT2D eigenvalue weighted by Gasteiger charge is -2.09. The fraction of sp³-hybridized carbons (Fsp3) is 0.375. The van der Waals surface area contributed by atoms with Crippen molar-refractivity contribution < 1.29 is 8.78 Å². The van der Waals surface area contributed by atoms with Crippen LogP contribution in [0.25, 0.3) is 0 Å². The summed E-state index contributed by atoms with van der Waals surface area (Å²) in [6.07, 6.45) is -2.51. The van der Waals surface area contributed by atoms with Crippen LogP contribution >= 0.6 is 27.5 Å². The van der Waals surface area contributed by atoms with E-state index in [0.717, 1.165) is 0 Å². The van der Waals surface area contributed by atoms with Crippen LogP contribution in [0.4, 0.5) is 8.78 Å². The molecular weight excluding hydrogens is 263 g/mol. The summed E-state index contributed by atoms with van der Waals surface area (Å²) >= 11 is 8.60. The zero-order chi connectivity index (χ0) is 10.0. The number of nitrogens with zero attached hydrogens (tertiary/aromatic N) is 1. The molecule has 0 N–H and O–H groups in total. The first kappa shape index (κ1) is 10.9. The van der Waals surface area contributed by atoms with Gasteiger partial charge in [-0.15, -0.1) is 11.6 Å². The minimum absolute atomic E-state index is 0.0469. The smallest absolute Gasteiger partial charge is 0.246 e. The van der Waals surface area contributed by atoms with Crippen LogP contribution in [0, 0.1) is 6.92 Å². The van der Waals surface area contributed by atoms with Gasteiger partial charge in [0.15, 0.2) is 0 Å². The molecule has 1 nitrogen and oxygen atoms in total. The molecule has 0 saturated heterocycles. The van der Waals surface area contributed by atoms with Crippen molar-refractivity contribution in [2.24, 2.45) is 0 Å². The first-order chi connectivity index (χ1) is 6.06. The van der Waals surface area contributed by atoms with E-state index in [1.165, 1.54) is 6.07 Å². The lowest BCUT2D eigenvalue weighted by molar-refractivity contribution is 0.150. The van der Waals surface area contributed by atoms with Gasteiger partial charge in [-0.1, -0.05) is 0 Å². The topological polar surface area (TPSA) is 12.9 Å². The first-order valence-corrected chi connectivity index (χ1v) is 4.89. The Kier molecular flexibility index (Phi) is 3.62. The lowest BCUT2D eigenvalue weighted by atomic mass is 10.1. The third-order valence-corrected chi connectivity index (χ3v) is 2.38. The monoisotopic (exact) mass is 269 g/mol. The summed E-state index contributed by atoms with van der Waals surface area (Å²) in [5.41, 5.74) is 0.911. The molecule has 5 heteroatoms. The van der Waals surface area contributed by atoms with Gasteiger partial charge in [0, 0.05) is 17.1 Å². The molecule has 0 radical (unpaired) electrons. The van der Waals surface area contributed by atoms with E-state index < -0.39 is 6.43 Å². The van der Waals surface area contributed by atoms with Gasteiger partial charge in [0.25, 0.3) is 6.43 Å². The second kappa shape index (κ2) is 4.33. The first-order valence-electron chi connectivity index (χ1n) is 3.56. The second-order valence-corrected chi connectivity index (χ2v) is 3.61. The number of hydrogen-bond donors (Lipinski definition) is 0. The van der Waals surface area contributed by atoms with Crippen molar-refractivity contribution in [1.29, 1.82) is 0 Å². The van der Waals surface area contributed by atoms with E-state index in [-0.39, 0.29) is 11.4 Å². The molecule has 1 heterocycles. The molecule has 1 rings (SSSR count). The Morgan fingerprint density at radius 2 is 2.23 bits per heavy atom. The number of halogens is 4. The molecule has 0 spiro atoms. The van der Waals surface area contributed by atoms with Crippen molar-refractivity contribution >= 4 is 27.5 Å². The maximum Gasteiger partial charge on any atom is 0.264 e. The molecule has 0 unspecified atom stereocenters. The van der Waals surface area contributed by atoms with Gasteiger partial charge >= 0.3 is 0 Å². The van der Waals surface area contributed by atoms with Crippen LogP contribution in [0.15, 0.2) is 10.7 Å². The number of rotatable bonds is 2. The van der Waals surface area contributed by atoms with E-state index in [4.69, 9.17) is 11.6 Å². The van der Waals surface area contributed by atoms with Gasteiger partial charge in [-0.3, -0.25) is 0 Å². The van der Waals surface area contributed by atoms with E-state index in [1.807, 2.05) is 0 Å². The Hall–Kier alpha value is -0.220. The maximum atomic E-state index is 12.5. The normalized spacial score (nSPS) is 10.9. The minimum Gasteiger partial charge on any atom is -0.246 e. The molecule has 0 bridgehead atoms. The molecule has 1 aromatic heterocycles. The average molecular weight is 271 g/mol. The van der Waals surface area contributed by atoms with Crippen LogP contribution in [-0.2, 0) is 5.88 Å². The molecule has 0 aromatic carbocycles. The summed E-state index contributed by atoms with van der Waals surface area (Å²) < 4.78 is 25.3. The molecule has 72 valence electrons. The maximum absolute atomic E-state index is 12.5. The van der Waals surface area contributed by atoms with Crippen molar-refractivity contribution in [3.05, 3.63) is 27.5 Å². The fourth-order valence-electron chi connectivity index (χ4n) is 1.05. The van der Waals surface area contributed by atoms with Crippen molar-refractivity contribution in [3.8, 4) is 0 Å². The molecule has 0 amide bonds. The lowest BCUT2D eigenvalue weighted by Crippen LogP contribution is -1.98. The molecule has 13 heavy (non-hydrogen) atoms. The Morgan fingerprint density at radius 1 is 1.62 bits per heavy atom. The van der Waals surface area contributed by atoms with Crippen LogP contribution in [0.5, 0.6) is 0 Å². The van der Waals surface area contributed by atoms with Gasteiger partial charge in [0.2, 0.25) is 0 Å². The standard InChI is InChI=1S/C8H7BrClF2N/c1-4-6(3-10)5(8(11)12)2-7(9)13-4/h2,8H,3H2,1H3. The molecule has 0 aliphatic rings. The second-order valence-electron chi connectivity index (χ2n) is 2.53. The zero-order valence-corrected chi connectivity index (χ0v) is 9.16. The molecule has 0 saturated carbocycles. The predicted octanol–water partition coefficient (Wildman–Crippen LogP) is 3.83. The summed E-state index contributed by atoms with van der Waals surface area (Å²) in [7, 11) is 0. The fourth-order valence-corrected chi connectivity index (χ4v) is 1.91. The van der Waals surface area contributed by atoms with E-state index in [9.17, 15) is 8.78 Å². The van der Waals surface area contributed by atoms with E-state index in [2.05, 4.69) is 20.9 Å². The van der Waals surface area contributed by atoms with Gasteiger partial charge in [0.1, 0.15) is 4.60 Å². The summed E-state index contributed by atoms with van der Waals surface area (Å²) in [6.45, 7) is 1.66. The van der Waals surface area contributed by atoms with Crippen molar-refractivity contribution in [1.82, 2.24) is 4.98 Å². The molecule has 0 aliphatic carbocycles. The van der Waals surface area contributed by atoms with Crippen LogP contribution in [0.3, 0.4) is 0 Å². The van der Waals surface area contributed by atoms with Crippen molar-refractivity contribution in [2.45, 2.75) is 19.2 Å². The Morgan fingerprint density at radius 3 is 2.69 bits per heavy atom. The Bertz CT molecular complexity index is 317. The molecular formula is C8H7BrClF2N. The average Bonchev–Trinajstić information content (AvgIpc) is 2.02. The predicted molar refractivity (Wildman–Crippen MR) is 51.2 cm³/mol. The van der Waals surface area contributed by atoms with Crippen LogP contribution in [0.1, 0.15) is 23.2 Å². The number of aromatic nitrogens is 1. The van der Waals surface area contributed by atoms with E-state index in [0.29, 0.717) is 15.9 Å². The number of aryl methyl sites for hydroxylation is 1. The third kappa shape index (κ3) is 2.38. The SMILES string of the molecule is Cc1nc(Br)cc(C(F)F)c1CCl. The number of hydrogen-bond acceptors (Lipinski definition) is 1. The molecule has 0 atom stereocenters. The number of alkyl halides is 3. The van der Waals surface area contributed by atoms with Crippen LogP contribution < -0.4 is 0 Å². The van der Waals surface area contributed by atoms with Gasteiger partial charge in [-0.2, -0.15) is 0 Å². The zero-order valence-electron chi connectivity index (χ0n) is 6.82. The highest BCUT2D eigenvalue weighted by molar-refractivity contribution is 9.10. The van der Waals surface area contributed by atoms with Crippen LogP contribution in [-0.4, -0.2) is 4.98 Å². The molecule has 0 aliphatic heterocycles. The van der Waals surface area contributed by atoms with Gasteiger partial charge in [-0.05, 0) is 34.5 Å². The summed E-state index contributed by atoms with van der Waals surface area (Å²) in [6, 6.07) is 1.30. The van der Waals surface area contributed by atoms with Gasteiger partial charge < -0.3 is 0 Å². The van der Waals surface area contributed by atoms with Crippen molar-refractivity contribution in [2.75, 3.05) is 0 Å². The highest BCUT2D eigenvalue weighted by atomic mass is 79.9. The number of pyridine rings is 1. The molecule has 1 aromatic rings. The quantitative estimate of drug-likeness (QED) is 0.588. The highest BCUT2D eigenvalue weighted by Gasteiger charge is 2.15. The largest absolute Gasteiger partial charge is 0.264 e. The highest BCUT2D eigenvalue weighted by Crippen LogP contribution is 2.28. The van der Waals surface area contributed by atoms with Crippen molar-refractivity contribution in [3.63, 3.8) is 0 Å². The summed E-state index contributed by atoms with van der Waals surface area (Å²) in [5.74, 6) is 0.0613. The van der Waals surface area contributed by atoms with Crippen LogP contribution in [0.2, 0.25) is 0 Å². The minimum atomic E-state index is -2.51. The third-order valence-electron chi connectivity index (χ3n) is 1.70. The van der Waals surface area contributed by atoms with E-state index in [1.54, 1.807) is 6.92 Å². The summed E-state index contributed by atoms with van der Waals surface area (Å²) in [4.78, 5) is 3.99. The van der Waals surface area contributed by atoms with E-state index >= 15 is 0 Å². The Labute approximate surface area is 88.2 Å². The van der Waals surface area contributed by atoms with Gasteiger partial charge in [0.05, 0.1) is 0 Å². The molecule has 0 fully saturated rings. The Balaban J connectivity index is 3.29.